The lowest BCUT2D eigenvalue weighted by atomic mass is 10.0. The zero-order valence-corrected chi connectivity index (χ0v) is 21.2. The van der Waals surface area contributed by atoms with Gasteiger partial charge in [-0.3, -0.25) is 14.4 Å². The van der Waals surface area contributed by atoms with Gasteiger partial charge in [-0.05, 0) is 38.0 Å². The number of rotatable bonds is 13. The van der Waals surface area contributed by atoms with Crippen molar-refractivity contribution in [2.45, 2.75) is 45.2 Å². The SMILES string of the molecule is CCOC(=O)/C=C/C(CCC(N)=O)NC(=O)C(Cc1ccccc1)NC(=O)c1ccc(-c2cc(C)no2)[nH]1. The van der Waals surface area contributed by atoms with Gasteiger partial charge in [-0.2, -0.15) is 0 Å². The molecule has 0 fully saturated rings. The highest BCUT2D eigenvalue weighted by molar-refractivity contribution is 5.97. The lowest BCUT2D eigenvalue weighted by Gasteiger charge is -2.22. The summed E-state index contributed by atoms with van der Waals surface area (Å²) < 4.78 is 10.1. The van der Waals surface area contributed by atoms with Crippen molar-refractivity contribution in [2.24, 2.45) is 5.73 Å². The number of carbonyl (C=O) groups excluding carboxylic acids is 4. The van der Waals surface area contributed by atoms with E-state index in [1.165, 1.54) is 12.2 Å². The second-order valence-electron chi connectivity index (χ2n) is 8.57. The number of amides is 3. The smallest absolute Gasteiger partial charge is 0.330 e. The standard InChI is InChI=1S/C27H31N5O6/c1-3-37-25(34)14-10-19(9-13-24(28)33)29-27(36)22(16-18-7-5-4-6-8-18)31-26(35)21-12-11-20(30-21)23-15-17(2)32-38-23/h4-8,10-12,14-15,19,22,30H,3,9,13,16H2,1-2H3,(H2,28,33)(H,29,36)(H,31,35)/b14-10+. The summed E-state index contributed by atoms with van der Waals surface area (Å²) in [5.41, 5.74) is 7.59. The summed E-state index contributed by atoms with van der Waals surface area (Å²) in [7, 11) is 0. The fraction of sp³-hybridized carbons (Fsp3) is 0.296. The van der Waals surface area contributed by atoms with E-state index in [1.807, 2.05) is 30.3 Å². The third-order valence-corrected chi connectivity index (χ3v) is 5.51. The molecule has 5 N–H and O–H groups in total. The van der Waals surface area contributed by atoms with Gasteiger partial charge in [-0.15, -0.1) is 0 Å². The molecular weight excluding hydrogens is 490 g/mol. The molecule has 2 atom stereocenters. The van der Waals surface area contributed by atoms with Gasteiger partial charge >= 0.3 is 5.97 Å². The molecule has 2 heterocycles. The zero-order valence-electron chi connectivity index (χ0n) is 21.2. The van der Waals surface area contributed by atoms with Crippen LogP contribution in [0.25, 0.3) is 11.5 Å². The molecule has 11 nitrogen and oxygen atoms in total. The first-order valence-electron chi connectivity index (χ1n) is 12.2. The molecular formula is C27H31N5O6. The number of nitrogens with zero attached hydrogens (tertiary/aromatic N) is 1. The highest BCUT2D eigenvalue weighted by Gasteiger charge is 2.25. The van der Waals surface area contributed by atoms with Crippen LogP contribution in [0.1, 0.15) is 41.5 Å². The molecule has 0 saturated heterocycles. The zero-order chi connectivity index (χ0) is 27.5. The quantitative estimate of drug-likeness (QED) is 0.197. The summed E-state index contributed by atoms with van der Waals surface area (Å²) in [6.45, 7) is 3.66. The van der Waals surface area contributed by atoms with E-state index in [9.17, 15) is 19.2 Å². The predicted octanol–water partition coefficient (Wildman–Crippen LogP) is 2.19. The molecule has 0 aliphatic rings. The Balaban J connectivity index is 1.77. The van der Waals surface area contributed by atoms with Crippen LogP contribution >= 0.6 is 0 Å². The number of nitrogens with one attached hydrogen (secondary N) is 3. The van der Waals surface area contributed by atoms with E-state index in [0.717, 1.165) is 5.56 Å². The van der Waals surface area contributed by atoms with Crippen molar-refractivity contribution in [3.05, 3.63) is 77.6 Å². The van der Waals surface area contributed by atoms with Gasteiger partial charge in [0, 0.05) is 31.0 Å². The van der Waals surface area contributed by atoms with E-state index in [0.29, 0.717) is 17.1 Å². The van der Waals surface area contributed by atoms with E-state index < -0.39 is 35.8 Å². The number of nitrogens with two attached hydrogens (primary N) is 1. The van der Waals surface area contributed by atoms with Gasteiger partial charge < -0.3 is 30.6 Å². The minimum absolute atomic E-state index is 0.0137. The predicted molar refractivity (Wildman–Crippen MR) is 139 cm³/mol. The average Bonchev–Trinajstić information content (AvgIpc) is 3.55. The summed E-state index contributed by atoms with van der Waals surface area (Å²) in [5, 5.41) is 9.41. The molecule has 0 saturated carbocycles. The van der Waals surface area contributed by atoms with Crippen LogP contribution in [0.4, 0.5) is 0 Å². The molecule has 3 rings (SSSR count). The van der Waals surface area contributed by atoms with Gasteiger partial charge in [0.25, 0.3) is 5.91 Å². The summed E-state index contributed by atoms with van der Waals surface area (Å²) >= 11 is 0. The Bertz CT molecular complexity index is 1280. The van der Waals surface area contributed by atoms with Crippen molar-refractivity contribution >= 4 is 23.7 Å². The van der Waals surface area contributed by atoms with E-state index in [2.05, 4.69) is 20.8 Å². The summed E-state index contributed by atoms with van der Waals surface area (Å²) in [4.78, 5) is 52.5. The number of ether oxygens (including phenoxy) is 1. The number of carbonyl (C=O) groups is 4. The van der Waals surface area contributed by atoms with Crippen molar-refractivity contribution in [3.63, 3.8) is 0 Å². The number of aromatic amines is 1. The number of primary amides is 1. The van der Waals surface area contributed by atoms with Crippen LogP contribution in [-0.4, -0.2) is 52.5 Å². The van der Waals surface area contributed by atoms with E-state index in [4.69, 9.17) is 15.0 Å². The molecule has 3 aromatic rings. The fourth-order valence-electron chi connectivity index (χ4n) is 3.64. The number of hydrogen-bond acceptors (Lipinski definition) is 7. The number of aryl methyl sites for hydroxylation is 1. The van der Waals surface area contributed by atoms with Gasteiger partial charge in [0.15, 0.2) is 5.76 Å². The van der Waals surface area contributed by atoms with Crippen LogP contribution in [0.2, 0.25) is 0 Å². The first-order chi connectivity index (χ1) is 18.2. The van der Waals surface area contributed by atoms with E-state index in [1.54, 1.807) is 32.0 Å². The Hall–Kier alpha value is -4.67. The lowest BCUT2D eigenvalue weighted by Crippen LogP contribution is -2.50. The third kappa shape index (κ3) is 8.47. The van der Waals surface area contributed by atoms with Crippen molar-refractivity contribution in [1.82, 2.24) is 20.8 Å². The average molecular weight is 522 g/mol. The molecule has 11 heteroatoms. The molecule has 0 radical (unpaired) electrons. The number of aromatic nitrogens is 2. The van der Waals surface area contributed by atoms with Crippen molar-refractivity contribution in [1.29, 1.82) is 0 Å². The topological polar surface area (TPSA) is 169 Å². The van der Waals surface area contributed by atoms with Crippen LogP contribution in [0.5, 0.6) is 0 Å². The minimum Gasteiger partial charge on any atom is -0.463 e. The highest BCUT2D eigenvalue weighted by atomic mass is 16.5. The summed E-state index contributed by atoms with van der Waals surface area (Å²) in [6, 6.07) is 12.5. The largest absolute Gasteiger partial charge is 0.463 e. The molecule has 38 heavy (non-hydrogen) atoms. The molecule has 1 aromatic carbocycles. The van der Waals surface area contributed by atoms with Gasteiger partial charge in [0.05, 0.1) is 18.0 Å². The lowest BCUT2D eigenvalue weighted by molar-refractivity contribution is -0.137. The summed E-state index contributed by atoms with van der Waals surface area (Å²) in [5.74, 6) is -1.65. The number of esters is 1. The van der Waals surface area contributed by atoms with Crippen LogP contribution in [-0.2, 0) is 25.5 Å². The Morgan fingerprint density at radius 2 is 1.89 bits per heavy atom. The highest BCUT2D eigenvalue weighted by Crippen LogP contribution is 2.19. The van der Waals surface area contributed by atoms with Gasteiger partial charge in [-0.1, -0.05) is 41.6 Å². The van der Waals surface area contributed by atoms with Gasteiger partial charge in [-0.25, -0.2) is 4.79 Å². The van der Waals surface area contributed by atoms with Crippen LogP contribution < -0.4 is 16.4 Å². The van der Waals surface area contributed by atoms with Gasteiger partial charge in [0.1, 0.15) is 11.7 Å². The van der Waals surface area contributed by atoms with Crippen LogP contribution in [0.15, 0.2) is 65.2 Å². The molecule has 2 unspecified atom stereocenters. The van der Waals surface area contributed by atoms with E-state index >= 15 is 0 Å². The van der Waals surface area contributed by atoms with Crippen molar-refractivity contribution in [3.8, 4) is 11.5 Å². The van der Waals surface area contributed by atoms with Crippen LogP contribution in [0.3, 0.4) is 0 Å². The maximum absolute atomic E-state index is 13.3. The van der Waals surface area contributed by atoms with Crippen molar-refractivity contribution in [2.75, 3.05) is 6.61 Å². The molecule has 0 aliphatic heterocycles. The minimum atomic E-state index is -0.962. The monoisotopic (exact) mass is 521 g/mol. The van der Waals surface area contributed by atoms with E-state index in [-0.39, 0.29) is 31.6 Å². The second kappa shape index (κ2) is 13.6. The first-order valence-corrected chi connectivity index (χ1v) is 12.2. The Morgan fingerprint density at radius 3 is 2.55 bits per heavy atom. The number of hydrogen-bond donors (Lipinski definition) is 4. The number of benzene rings is 1. The maximum Gasteiger partial charge on any atom is 0.330 e. The fourth-order valence-corrected chi connectivity index (χ4v) is 3.64. The van der Waals surface area contributed by atoms with Crippen molar-refractivity contribution < 1.29 is 28.4 Å². The first kappa shape index (κ1) is 27.9. The maximum atomic E-state index is 13.3. The third-order valence-electron chi connectivity index (χ3n) is 5.51. The van der Waals surface area contributed by atoms with Gasteiger partial charge in [0.2, 0.25) is 11.8 Å². The molecule has 3 amide bonds. The molecule has 0 bridgehead atoms. The molecule has 2 aromatic heterocycles. The molecule has 200 valence electrons. The normalized spacial score (nSPS) is 12.6. The van der Waals surface area contributed by atoms with Crippen LogP contribution in [0, 0.1) is 6.92 Å². The Labute approximate surface area is 219 Å². The molecule has 0 spiro atoms. The Morgan fingerprint density at radius 1 is 1.13 bits per heavy atom. The Kier molecular flexibility index (Phi) is 9.98. The number of H-pyrrole nitrogens is 1. The molecule has 0 aliphatic carbocycles. The summed E-state index contributed by atoms with van der Waals surface area (Å²) in [6.07, 6.45) is 2.99. The second-order valence-corrected chi connectivity index (χ2v) is 8.57.